The lowest BCUT2D eigenvalue weighted by molar-refractivity contribution is 0.420. The highest BCUT2D eigenvalue weighted by molar-refractivity contribution is 7.15. The lowest BCUT2D eigenvalue weighted by Gasteiger charge is -2.22. The molecule has 1 N–H and O–H groups in total. The zero-order chi connectivity index (χ0) is 13.3. The first-order chi connectivity index (χ1) is 8.42. The van der Waals surface area contributed by atoms with Crippen molar-refractivity contribution in [1.29, 1.82) is 0 Å². The molecule has 0 bridgehead atoms. The summed E-state index contributed by atoms with van der Waals surface area (Å²) >= 11 is 1.68. The van der Waals surface area contributed by atoms with Crippen LogP contribution >= 0.6 is 11.3 Å². The Morgan fingerprint density at radius 1 is 1.44 bits per heavy atom. The Hall–Kier alpha value is -1.07. The van der Waals surface area contributed by atoms with Crippen molar-refractivity contribution in [3.63, 3.8) is 0 Å². The van der Waals surface area contributed by atoms with Gasteiger partial charge in [0.05, 0.1) is 5.69 Å². The lowest BCUT2D eigenvalue weighted by Crippen LogP contribution is -2.36. The minimum atomic E-state index is 0.113. The number of imidazole rings is 1. The van der Waals surface area contributed by atoms with Crippen molar-refractivity contribution in [3.8, 4) is 0 Å². The van der Waals surface area contributed by atoms with Crippen molar-refractivity contribution < 1.29 is 0 Å². The van der Waals surface area contributed by atoms with Gasteiger partial charge in [0.15, 0.2) is 10.8 Å². The van der Waals surface area contributed by atoms with E-state index in [1.807, 2.05) is 0 Å². The SMILES string of the molecule is CCN(C)c1nc2sccn2c1CNC(C)(C)C. The molecule has 2 heterocycles. The quantitative estimate of drug-likeness (QED) is 0.923. The van der Waals surface area contributed by atoms with Gasteiger partial charge in [-0.25, -0.2) is 4.98 Å². The highest BCUT2D eigenvalue weighted by atomic mass is 32.1. The summed E-state index contributed by atoms with van der Waals surface area (Å²) in [5, 5.41) is 5.62. The van der Waals surface area contributed by atoms with E-state index in [-0.39, 0.29) is 5.54 Å². The molecule has 2 rings (SSSR count). The van der Waals surface area contributed by atoms with Crippen LogP contribution in [0.4, 0.5) is 5.82 Å². The van der Waals surface area contributed by atoms with Crippen molar-refractivity contribution in [1.82, 2.24) is 14.7 Å². The van der Waals surface area contributed by atoms with Gasteiger partial charge in [0.1, 0.15) is 0 Å². The second-order valence-electron chi connectivity index (χ2n) is 5.56. The van der Waals surface area contributed by atoms with E-state index in [9.17, 15) is 0 Å². The highest BCUT2D eigenvalue weighted by Crippen LogP contribution is 2.24. The van der Waals surface area contributed by atoms with Gasteiger partial charge in [-0.3, -0.25) is 4.40 Å². The van der Waals surface area contributed by atoms with Crippen molar-refractivity contribution >= 4 is 22.1 Å². The fourth-order valence-electron chi connectivity index (χ4n) is 1.79. The Morgan fingerprint density at radius 2 is 2.17 bits per heavy atom. The van der Waals surface area contributed by atoms with Crippen LogP contribution in [-0.2, 0) is 6.54 Å². The summed E-state index contributed by atoms with van der Waals surface area (Å²) < 4.78 is 2.19. The maximum atomic E-state index is 4.71. The third kappa shape index (κ3) is 2.67. The van der Waals surface area contributed by atoms with E-state index in [0.29, 0.717) is 0 Å². The predicted octanol–water partition coefficient (Wildman–Crippen LogP) is 2.74. The first-order valence-electron chi connectivity index (χ1n) is 6.33. The fraction of sp³-hybridized carbons (Fsp3) is 0.615. The number of fused-ring (bicyclic) bond motifs is 1. The smallest absolute Gasteiger partial charge is 0.195 e. The third-order valence-corrected chi connectivity index (χ3v) is 3.72. The molecule has 4 nitrogen and oxygen atoms in total. The minimum Gasteiger partial charge on any atom is -0.358 e. The number of hydrogen-bond acceptors (Lipinski definition) is 4. The molecular weight excluding hydrogens is 244 g/mol. The second-order valence-corrected chi connectivity index (χ2v) is 6.43. The zero-order valence-electron chi connectivity index (χ0n) is 11.8. The molecule has 2 aromatic heterocycles. The third-order valence-electron chi connectivity index (χ3n) is 2.96. The van der Waals surface area contributed by atoms with Crippen molar-refractivity contribution in [3.05, 3.63) is 17.3 Å². The normalized spacial score (nSPS) is 12.3. The molecule has 5 heteroatoms. The first kappa shape index (κ1) is 13.4. The van der Waals surface area contributed by atoms with Crippen LogP contribution in [0.3, 0.4) is 0 Å². The molecule has 0 aromatic carbocycles. The molecule has 0 saturated heterocycles. The largest absolute Gasteiger partial charge is 0.358 e. The van der Waals surface area contributed by atoms with Crippen LogP contribution in [0.15, 0.2) is 11.6 Å². The molecule has 0 saturated carbocycles. The van der Waals surface area contributed by atoms with E-state index >= 15 is 0 Å². The molecule has 2 aromatic rings. The first-order valence-corrected chi connectivity index (χ1v) is 7.21. The van der Waals surface area contributed by atoms with Crippen molar-refractivity contribution in [2.24, 2.45) is 0 Å². The molecule has 0 atom stereocenters. The van der Waals surface area contributed by atoms with Crippen LogP contribution in [0.5, 0.6) is 0 Å². The predicted molar refractivity (Wildman–Crippen MR) is 78.6 cm³/mol. The van der Waals surface area contributed by atoms with Crippen LogP contribution in [0.1, 0.15) is 33.4 Å². The van der Waals surface area contributed by atoms with Crippen LogP contribution in [-0.4, -0.2) is 28.5 Å². The Bertz CT molecular complexity index is 521. The standard InChI is InChI=1S/C13H22N4S/c1-6-16(5)11-10(9-14-13(2,3)4)17-7-8-18-12(17)15-11/h7-8,14H,6,9H2,1-5H3. The maximum Gasteiger partial charge on any atom is 0.195 e. The van der Waals surface area contributed by atoms with Crippen molar-refractivity contribution in [2.75, 3.05) is 18.5 Å². The van der Waals surface area contributed by atoms with Gasteiger partial charge in [0, 0.05) is 37.3 Å². The summed E-state index contributed by atoms with van der Waals surface area (Å²) in [5.74, 6) is 1.08. The maximum absolute atomic E-state index is 4.71. The minimum absolute atomic E-state index is 0.113. The number of anilines is 1. The molecule has 0 spiro atoms. The van der Waals surface area contributed by atoms with E-state index in [4.69, 9.17) is 4.98 Å². The zero-order valence-corrected chi connectivity index (χ0v) is 12.6. The van der Waals surface area contributed by atoms with Gasteiger partial charge < -0.3 is 10.2 Å². The summed E-state index contributed by atoms with van der Waals surface area (Å²) in [6, 6.07) is 0. The molecule has 0 amide bonds. The number of aromatic nitrogens is 2. The van der Waals surface area contributed by atoms with Crippen LogP contribution in [0.2, 0.25) is 0 Å². The molecule has 0 aliphatic carbocycles. The number of nitrogens with one attached hydrogen (secondary N) is 1. The summed E-state index contributed by atoms with van der Waals surface area (Å²) in [4.78, 5) is 7.97. The van der Waals surface area contributed by atoms with E-state index in [0.717, 1.165) is 23.9 Å². The summed E-state index contributed by atoms with van der Waals surface area (Å²) in [7, 11) is 2.09. The van der Waals surface area contributed by atoms with Gasteiger partial charge >= 0.3 is 0 Å². The van der Waals surface area contributed by atoms with Gasteiger partial charge in [-0.2, -0.15) is 0 Å². The van der Waals surface area contributed by atoms with Crippen LogP contribution < -0.4 is 10.2 Å². The Balaban J connectivity index is 2.35. The van der Waals surface area contributed by atoms with Crippen LogP contribution in [0.25, 0.3) is 4.96 Å². The number of thiazole rings is 1. The van der Waals surface area contributed by atoms with Gasteiger partial charge in [0.25, 0.3) is 0 Å². The molecular formula is C13H22N4S. The fourth-order valence-corrected chi connectivity index (χ4v) is 2.52. The Labute approximate surface area is 113 Å². The summed E-state index contributed by atoms with van der Waals surface area (Å²) in [5.41, 5.74) is 1.35. The van der Waals surface area contributed by atoms with Gasteiger partial charge in [-0.05, 0) is 27.7 Å². The molecule has 0 unspecified atom stereocenters. The summed E-state index contributed by atoms with van der Waals surface area (Å²) in [6.45, 7) is 10.5. The van der Waals surface area contributed by atoms with Gasteiger partial charge in [-0.15, -0.1) is 11.3 Å². The van der Waals surface area contributed by atoms with Gasteiger partial charge in [0.2, 0.25) is 0 Å². The highest BCUT2D eigenvalue weighted by Gasteiger charge is 2.18. The molecule has 0 aliphatic heterocycles. The van der Waals surface area contributed by atoms with E-state index < -0.39 is 0 Å². The molecule has 0 aliphatic rings. The topological polar surface area (TPSA) is 32.6 Å². The Kier molecular flexibility index (Phi) is 3.64. The molecule has 0 fully saturated rings. The van der Waals surface area contributed by atoms with E-state index in [1.54, 1.807) is 11.3 Å². The number of hydrogen-bond donors (Lipinski definition) is 1. The molecule has 100 valence electrons. The molecule has 0 radical (unpaired) electrons. The number of nitrogens with zero attached hydrogens (tertiary/aromatic N) is 3. The molecule has 18 heavy (non-hydrogen) atoms. The summed E-state index contributed by atoms with van der Waals surface area (Å²) in [6.07, 6.45) is 2.10. The van der Waals surface area contributed by atoms with E-state index in [2.05, 4.69) is 60.9 Å². The van der Waals surface area contributed by atoms with E-state index in [1.165, 1.54) is 5.69 Å². The lowest BCUT2D eigenvalue weighted by atomic mass is 10.1. The van der Waals surface area contributed by atoms with Gasteiger partial charge in [-0.1, -0.05) is 0 Å². The number of rotatable bonds is 4. The van der Waals surface area contributed by atoms with Crippen molar-refractivity contribution in [2.45, 2.75) is 39.8 Å². The second kappa shape index (κ2) is 4.90. The average molecular weight is 266 g/mol. The average Bonchev–Trinajstić information content (AvgIpc) is 2.84. The van der Waals surface area contributed by atoms with Crippen LogP contribution in [0, 0.1) is 0 Å². The monoisotopic (exact) mass is 266 g/mol. The Morgan fingerprint density at radius 3 is 2.78 bits per heavy atom.